The van der Waals surface area contributed by atoms with Crippen molar-refractivity contribution >= 4 is 29.4 Å². The fraction of sp³-hybridized carbons (Fsp3) is 0.333. The third kappa shape index (κ3) is 1.68. The number of thioether (sulfide) groups is 1. The minimum Gasteiger partial charge on any atom is -0.454 e. The molecule has 1 aromatic carbocycles. The average molecular weight is 255 g/mol. The molecule has 0 saturated carbocycles. The van der Waals surface area contributed by atoms with Gasteiger partial charge in [0.2, 0.25) is 6.79 Å². The van der Waals surface area contributed by atoms with E-state index >= 15 is 0 Å². The van der Waals surface area contributed by atoms with Gasteiger partial charge in [-0.15, -0.1) is 23.4 Å². The number of alkyl halides is 1. The molecule has 0 bridgehead atoms. The number of ether oxygens (including phenoxy) is 2. The minimum absolute atomic E-state index is 0.329. The molecule has 0 saturated heterocycles. The first kappa shape index (κ1) is 10.4. The van der Waals surface area contributed by atoms with Crippen LogP contribution in [0.4, 0.5) is 0 Å². The summed E-state index contributed by atoms with van der Waals surface area (Å²) in [4.78, 5) is 0. The second-order valence-electron chi connectivity index (χ2n) is 3.74. The van der Waals surface area contributed by atoms with Crippen molar-refractivity contribution in [2.45, 2.75) is 11.7 Å². The summed E-state index contributed by atoms with van der Waals surface area (Å²) in [5, 5.41) is 2.56. The summed E-state index contributed by atoms with van der Waals surface area (Å²) in [6.07, 6.45) is 3.09. The summed E-state index contributed by atoms with van der Waals surface area (Å²) in [5.74, 6) is 2.38. The molecule has 0 aromatic heterocycles. The third-order valence-corrected chi connectivity index (χ3v) is 4.12. The molecule has 0 fully saturated rings. The summed E-state index contributed by atoms with van der Waals surface area (Å²) >= 11 is 7.64. The van der Waals surface area contributed by atoms with Crippen molar-refractivity contribution in [2.24, 2.45) is 0 Å². The quantitative estimate of drug-likeness (QED) is 0.748. The fourth-order valence-corrected chi connectivity index (χ4v) is 3.37. The highest BCUT2D eigenvalue weighted by atomic mass is 35.5. The van der Waals surface area contributed by atoms with E-state index in [-0.39, 0.29) is 0 Å². The number of fused-ring (bicyclic) bond motifs is 2. The van der Waals surface area contributed by atoms with Crippen LogP contribution in [0.25, 0.3) is 6.08 Å². The van der Waals surface area contributed by atoms with E-state index in [0.29, 0.717) is 17.9 Å². The molecule has 2 heterocycles. The summed E-state index contributed by atoms with van der Waals surface area (Å²) in [5.41, 5.74) is 2.52. The van der Waals surface area contributed by atoms with Crippen LogP contribution >= 0.6 is 23.4 Å². The summed E-state index contributed by atoms with van der Waals surface area (Å²) in [6, 6.07) is 4.14. The van der Waals surface area contributed by atoms with Crippen molar-refractivity contribution in [2.75, 3.05) is 12.7 Å². The molecule has 0 radical (unpaired) electrons. The highest BCUT2D eigenvalue weighted by Crippen LogP contribution is 2.45. The second kappa shape index (κ2) is 4.22. The Bertz CT molecular complexity index is 445. The van der Waals surface area contributed by atoms with Crippen LogP contribution in [0, 0.1) is 0 Å². The first-order chi connectivity index (χ1) is 7.88. The standard InChI is InChI=1S/C12H11ClO2S/c13-3-1-12-9-6-11-10(14-7-15-11)5-8(9)2-4-16-12/h2,4-6,12H,1,3,7H2. The molecule has 16 heavy (non-hydrogen) atoms. The number of hydrogen-bond acceptors (Lipinski definition) is 3. The number of benzene rings is 1. The van der Waals surface area contributed by atoms with Gasteiger partial charge >= 0.3 is 0 Å². The molecule has 3 rings (SSSR count). The van der Waals surface area contributed by atoms with Crippen LogP contribution in [-0.4, -0.2) is 12.7 Å². The van der Waals surface area contributed by atoms with Crippen LogP contribution < -0.4 is 9.47 Å². The molecule has 0 N–H and O–H groups in total. The summed E-state index contributed by atoms with van der Waals surface area (Å²) in [6.45, 7) is 0.329. The van der Waals surface area contributed by atoms with Crippen LogP contribution in [0.15, 0.2) is 17.5 Å². The van der Waals surface area contributed by atoms with Crippen LogP contribution in [-0.2, 0) is 0 Å². The van der Waals surface area contributed by atoms with Crippen LogP contribution in [0.2, 0.25) is 0 Å². The number of rotatable bonds is 2. The molecule has 2 aliphatic rings. The lowest BCUT2D eigenvalue weighted by atomic mass is 10.0. The van der Waals surface area contributed by atoms with Gasteiger partial charge in [0.1, 0.15) is 0 Å². The van der Waals surface area contributed by atoms with E-state index < -0.39 is 0 Å². The topological polar surface area (TPSA) is 18.5 Å². The smallest absolute Gasteiger partial charge is 0.231 e. The Labute approximate surface area is 104 Å². The molecule has 1 aromatic rings. The van der Waals surface area contributed by atoms with Crippen molar-refractivity contribution in [1.29, 1.82) is 0 Å². The van der Waals surface area contributed by atoms with Crippen molar-refractivity contribution < 1.29 is 9.47 Å². The lowest BCUT2D eigenvalue weighted by molar-refractivity contribution is 0.174. The van der Waals surface area contributed by atoms with Gasteiger partial charge in [-0.1, -0.05) is 0 Å². The van der Waals surface area contributed by atoms with Gasteiger partial charge in [0.05, 0.1) is 0 Å². The summed E-state index contributed by atoms with van der Waals surface area (Å²) in [7, 11) is 0. The van der Waals surface area contributed by atoms with Crippen LogP contribution in [0.3, 0.4) is 0 Å². The molecule has 0 spiro atoms. The highest BCUT2D eigenvalue weighted by Gasteiger charge is 2.22. The first-order valence-electron chi connectivity index (χ1n) is 5.20. The van der Waals surface area contributed by atoms with Crippen molar-refractivity contribution in [3.8, 4) is 11.5 Å². The zero-order valence-electron chi connectivity index (χ0n) is 8.61. The zero-order valence-corrected chi connectivity index (χ0v) is 10.2. The van der Waals surface area contributed by atoms with E-state index in [1.165, 1.54) is 11.1 Å². The van der Waals surface area contributed by atoms with Gasteiger partial charge in [-0.05, 0) is 41.2 Å². The second-order valence-corrected chi connectivity index (χ2v) is 5.23. The SMILES string of the molecule is ClCCC1SC=Cc2cc3c(cc21)OCO3. The Hall–Kier alpha value is -0.800. The Morgan fingerprint density at radius 1 is 1.31 bits per heavy atom. The van der Waals surface area contributed by atoms with Crippen LogP contribution in [0.1, 0.15) is 22.8 Å². The van der Waals surface area contributed by atoms with Gasteiger partial charge in [0.25, 0.3) is 0 Å². The molecule has 1 atom stereocenters. The first-order valence-corrected chi connectivity index (χ1v) is 6.68. The fourth-order valence-electron chi connectivity index (χ4n) is 2.00. The van der Waals surface area contributed by atoms with Crippen molar-refractivity contribution in [3.63, 3.8) is 0 Å². The van der Waals surface area contributed by atoms with Gasteiger partial charge in [-0.25, -0.2) is 0 Å². The Morgan fingerprint density at radius 2 is 2.12 bits per heavy atom. The minimum atomic E-state index is 0.329. The highest BCUT2D eigenvalue weighted by molar-refractivity contribution is 8.02. The molecular formula is C12H11ClO2S. The average Bonchev–Trinajstić information content (AvgIpc) is 2.74. The largest absolute Gasteiger partial charge is 0.454 e. The van der Waals surface area contributed by atoms with E-state index in [9.17, 15) is 0 Å². The molecule has 84 valence electrons. The zero-order chi connectivity index (χ0) is 11.0. The van der Waals surface area contributed by atoms with E-state index in [2.05, 4.69) is 23.6 Å². The van der Waals surface area contributed by atoms with Crippen LogP contribution in [0.5, 0.6) is 11.5 Å². The monoisotopic (exact) mass is 254 g/mol. The molecule has 4 heteroatoms. The third-order valence-electron chi connectivity index (χ3n) is 2.79. The number of hydrogen-bond donors (Lipinski definition) is 0. The maximum absolute atomic E-state index is 5.83. The van der Waals surface area contributed by atoms with Gasteiger partial charge < -0.3 is 9.47 Å². The van der Waals surface area contributed by atoms with Gasteiger partial charge in [-0.2, -0.15) is 0 Å². The molecule has 0 aliphatic carbocycles. The predicted octanol–water partition coefficient (Wildman–Crippen LogP) is 3.80. The van der Waals surface area contributed by atoms with E-state index in [0.717, 1.165) is 17.9 Å². The normalized spacial score (nSPS) is 20.9. The Balaban J connectivity index is 2.04. The Kier molecular flexibility index (Phi) is 2.74. The molecule has 0 amide bonds. The molecular weight excluding hydrogens is 244 g/mol. The molecule has 1 unspecified atom stereocenters. The van der Waals surface area contributed by atoms with E-state index in [4.69, 9.17) is 21.1 Å². The van der Waals surface area contributed by atoms with Crippen molar-refractivity contribution in [1.82, 2.24) is 0 Å². The maximum atomic E-state index is 5.83. The van der Waals surface area contributed by atoms with E-state index in [1.54, 1.807) is 0 Å². The maximum Gasteiger partial charge on any atom is 0.231 e. The number of halogens is 1. The van der Waals surface area contributed by atoms with Gasteiger partial charge in [0, 0.05) is 11.1 Å². The van der Waals surface area contributed by atoms with Gasteiger partial charge in [-0.3, -0.25) is 0 Å². The van der Waals surface area contributed by atoms with E-state index in [1.807, 2.05) is 11.8 Å². The lowest BCUT2D eigenvalue weighted by Gasteiger charge is -2.20. The predicted molar refractivity (Wildman–Crippen MR) is 67.3 cm³/mol. The molecule has 2 nitrogen and oxygen atoms in total. The summed E-state index contributed by atoms with van der Waals surface area (Å²) < 4.78 is 10.8. The lowest BCUT2D eigenvalue weighted by Crippen LogP contribution is -2.00. The van der Waals surface area contributed by atoms with Crippen molar-refractivity contribution in [3.05, 3.63) is 28.7 Å². The van der Waals surface area contributed by atoms with Gasteiger partial charge in [0.15, 0.2) is 11.5 Å². The Morgan fingerprint density at radius 3 is 2.94 bits per heavy atom. The molecule has 2 aliphatic heterocycles.